The highest BCUT2D eigenvalue weighted by atomic mass is 16.5. The number of carboxylic acids is 1. The molecule has 1 aromatic carbocycles. The number of nitrogens with one attached hydrogen (secondary N) is 1. The number of anilines is 1. The third-order valence-corrected chi connectivity index (χ3v) is 2.85. The Morgan fingerprint density at radius 3 is 2.43 bits per heavy atom. The van der Waals surface area contributed by atoms with Crippen molar-refractivity contribution in [2.45, 2.75) is 13.8 Å². The first-order chi connectivity index (χ1) is 9.97. The van der Waals surface area contributed by atoms with E-state index in [9.17, 15) is 9.59 Å². The summed E-state index contributed by atoms with van der Waals surface area (Å²) in [6, 6.07) is 6.81. The van der Waals surface area contributed by atoms with Crippen LogP contribution in [-0.2, 0) is 4.79 Å². The number of aromatic nitrogens is 1. The molecule has 21 heavy (non-hydrogen) atoms. The van der Waals surface area contributed by atoms with E-state index in [-0.39, 0.29) is 5.91 Å². The van der Waals surface area contributed by atoms with Crippen LogP contribution >= 0.6 is 0 Å². The van der Waals surface area contributed by atoms with Crippen molar-refractivity contribution in [3.8, 4) is 0 Å². The molecule has 6 heteroatoms. The average molecular weight is 286 g/mol. The fraction of sp³-hybridized carbons (Fsp3) is 0.133. The van der Waals surface area contributed by atoms with E-state index in [1.807, 2.05) is 0 Å². The molecule has 2 N–H and O–H groups in total. The summed E-state index contributed by atoms with van der Waals surface area (Å²) in [5, 5.41) is 15.0. The Morgan fingerprint density at radius 2 is 1.90 bits per heavy atom. The Kier molecular flexibility index (Phi) is 4.18. The zero-order valence-electron chi connectivity index (χ0n) is 11.6. The number of benzene rings is 1. The zero-order valence-corrected chi connectivity index (χ0v) is 11.6. The Balaban J connectivity index is 2.10. The lowest BCUT2D eigenvalue weighted by atomic mass is 10.1. The first-order valence-corrected chi connectivity index (χ1v) is 6.22. The molecule has 0 saturated heterocycles. The fourth-order valence-corrected chi connectivity index (χ4v) is 1.85. The quantitative estimate of drug-likeness (QED) is 0.843. The maximum Gasteiger partial charge on any atom is 0.328 e. The topological polar surface area (TPSA) is 92.4 Å². The average Bonchev–Trinajstić information content (AvgIpc) is 2.77. The standard InChI is InChI=1S/C15H14N2O4/c1-9-14(10(2)21-17-9)15(20)16-12-6-3-11(4-7-12)5-8-13(18)19/h3-8H,1-2H3,(H,16,20)(H,18,19)/b8-5-. The molecular weight excluding hydrogens is 272 g/mol. The summed E-state index contributed by atoms with van der Waals surface area (Å²) in [5.74, 6) is -0.836. The van der Waals surface area contributed by atoms with E-state index in [4.69, 9.17) is 9.63 Å². The van der Waals surface area contributed by atoms with Crippen molar-refractivity contribution in [2.75, 3.05) is 5.32 Å². The van der Waals surface area contributed by atoms with Gasteiger partial charge in [0.05, 0.1) is 5.69 Å². The third-order valence-electron chi connectivity index (χ3n) is 2.85. The summed E-state index contributed by atoms with van der Waals surface area (Å²) in [4.78, 5) is 22.5. The molecule has 1 aromatic heterocycles. The molecule has 1 amide bonds. The summed E-state index contributed by atoms with van der Waals surface area (Å²) in [7, 11) is 0. The molecule has 0 unspecified atom stereocenters. The van der Waals surface area contributed by atoms with Gasteiger partial charge in [-0.3, -0.25) is 4.79 Å². The van der Waals surface area contributed by atoms with E-state index in [2.05, 4.69) is 10.5 Å². The van der Waals surface area contributed by atoms with Crippen molar-refractivity contribution in [1.82, 2.24) is 5.16 Å². The number of amides is 1. The highest BCUT2D eigenvalue weighted by Gasteiger charge is 2.17. The zero-order chi connectivity index (χ0) is 15.4. The maximum absolute atomic E-state index is 12.1. The first-order valence-electron chi connectivity index (χ1n) is 6.22. The second-order valence-electron chi connectivity index (χ2n) is 4.45. The number of rotatable bonds is 4. The maximum atomic E-state index is 12.1. The molecule has 0 radical (unpaired) electrons. The van der Waals surface area contributed by atoms with Crippen LogP contribution in [0.3, 0.4) is 0 Å². The van der Waals surface area contributed by atoms with Crippen molar-refractivity contribution < 1.29 is 19.2 Å². The molecule has 1 heterocycles. The molecule has 0 fully saturated rings. The normalized spacial score (nSPS) is 10.8. The van der Waals surface area contributed by atoms with Gasteiger partial charge in [0.25, 0.3) is 5.91 Å². The molecule has 0 aliphatic rings. The Labute approximate surface area is 121 Å². The SMILES string of the molecule is Cc1noc(C)c1C(=O)Nc1ccc(/C=C\C(=O)O)cc1. The van der Waals surface area contributed by atoms with Gasteiger partial charge in [-0.05, 0) is 37.6 Å². The van der Waals surface area contributed by atoms with Gasteiger partial charge in [-0.2, -0.15) is 0 Å². The molecule has 0 aliphatic carbocycles. The van der Waals surface area contributed by atoms with E-state index in [0.717, 1.165) is 11.6 Å². The van der Waals surface area contributed by atoms with Crippen LogP contribution in [0.1, 0.15) is 27.4 Å². The Bertz CT molecular complexity index is 679. The van der Waals surface area contributed by atoms with E-state index in [1.54, 1.807) is 38.1 Å². The van der Waals surface area contributed by atoms with Crippen molar-refractivity contribution in [2.24, 2.45) is 0 Å². The first kappa shape index (κ1) is 14.5. The molecular formula is C15H14N2O4. The van der Waals surface area contributed by atoms with Crippen LogP contribution in [0, 0.1) is 13.8 Å². The number of hydrogen-bond acceptors (Lipinski definition) is 4. The van der Waals surface area contributed by atoms with Gasteiger partial charge in [0, 0.05) is 11.8 Å². The van der Waals surface area contributed by atoms with E-state index < -0.39 is 5.97 Å². The Hall–Kier alpha value is -2.89. The van der Waals surface area contributed by atoms with Crippen LogP contribution in [0.25, 0.3) is 6.08 Å². The van der Waals surface area contributed by atoms with Crippen molar-refractivity contribution in [3.05, 3.63) is 52.9 Å². The minimum absolute atomic E-state index is 0.292. The molecule has 108 valence electrons. The summed E-state index contributed by atoms with van der Waals surface area (Å²) in [5.41, 5.74) is 2.29. The van der Waals surface area contributed by atoms with Crippen molar-refractivity contribution in [1.29, 1.82) is 0 Å². The molecule has 0 atom stereocenters. The van der Waals surface area contributed by atoms with Gasteiger partial charge in [-0.15, -0.1) is 0 Å². The molecule has 6 nitrogen and oxygen atoms in total. The minimum Gasteiger partial charge on any atom is -0.478 e. The molecule has 0 bridgehead atoms. The van der Waals surface area contributed by atoms with Gasteiger partial charge in [0.1, 0.15) is 11.3 Å². The van der Waals surface area contributed by atoms with Crippen molar-refractivity contribution >= 4 is 23.6 Å². The fourth-order valence-electron chi connectivity index (χ4n) is 1.85. The highest BCUT2D eigenvalue weighted by molar-refractivity contribution is 6.05. The number of carboxylic acid groups (broad SMARTS) is 1. The van der Waals surface area contributed by atoms with Gasteiger partial charge >= 0.3 is 5.97 Å². The number of carbonyl (C=O) groups is 2. The lowest BCUT2D eigenvalue weighted by Gasteiger charge is -2.05. The lowest BCUT2D eigenvalue weighted by Crippen LogP contribution is -2.13. The second kappa shape index (κ2) is 6.04. The van der Waals surface area contributed by atoms with Crippen LogP contribution in [0.2, 0.25) is 0 Å². The summed E-state index contributed by atoms with van der Waals surface area (Å²) < 4.78 is 4.95. The van der Waals surface area contributed by atoms with Gasteiger partial charge < -0.3 is 14.9 Å². The predicted octanol–water partition coefficient (Wildman–Crippen LogP) is 2.64. The lowest BCUT2D eigenvalue weighted by molar-refractivity contribution is -0.131. The van der Waals surface area contributed by atoms with Gasteiger partial charge in [0.15, 0.2) is 0 Å². The van der Waals surface area contributed by atoms with Crippen molar-refractivity contribution in [3.63, 3.8) is 0 Å². The molecule has 0 spiro atoms. The van der Waals surface area contributed by atoms with Gasteiger partial charge in [0.2, 0.25) is 0 Å². The molecule has 2 rings (SSSR count). The monoisotopic (exact) mass is 286 g/mol. The van der Waals surface area contributed by atoms with Crippen LogP contribution < -0.4 is 5.32 Å². The largest absolute Gasteiger partial charge is 0.478 e. The number of carbonyl (C=O) groups excluding carboxylic acids is 1. The highest BCUT2D eigenvalue weighted by Crippen LogP contribution is 2.16. The van der Waals surface area contributed by atoms with E-state index in [0.29, 0.717) is 22.7 Å². The van der Waals surface area contributed by atoms with Gasteiger partial charge in [-0.25, -0.2) is 4.79 Å². The number of aliphatic carboxylic acids is 1. The summed E-state index contributed by atoms with van der Waals surface area (Å²) in [6.07, 6.45) is 2.53. The van der Waals surface area contributed by atoms with E-state index >= 15 is 0 Å². The summed E-state index contributed by atoms with van der Waals surface area (Å²) >= 11 is 0. The minimum atomic E-state index is -1.01. The second-order valence-corrected chi connectivity index (χ2v) is 4.45. The number of hydrogen-bond donors (Lipinski definition) is 2. The number of aryl methyl sites for hydroxylation is 2. The van der Waals surface area contributed by atoms with Crippen LogP contribution in [0.4, 0.5) is 5.69 Å². The Morgan fingerprint density at radius 1 is 1.24 bits per heavy atom. The molecule has 0 aliphatic heterocycles. The third kappa shape index (κ3) is 3.56. The predicted molar refractivity (Wildman–Crippen MR) is 77.0 cm³/mol. The van der Waals surface area contributed by atoms with Crippen LogP contribution in [0.15, 0.2) is 34.9 Å². The van der Waals surface area contributed by atoms with Gasteiger partial charge in [-0.1, -0.05) is 17.3 Å². The molecule has 0 saturated carbocycles. The van der Waals surface area contributed by atoms with Crippen LogP contribution in [0.5, 0.6) is 0 Å². The molecule has 2 aromatic rings. The smallest absolute Gasteiger partial charge is 0.328 e. The van der Waals surface area contributed by atoms with E-state index in [1.165, 1.54) is 6.08 Å². The number of nitrogens with zero attached hydrogens (tertiary/aromatic N) is 1. The summed E-state index contributed by atoms with van der Waals surface area (Å²) in [6.45, 7) is 3.37. The van der Waals surface area contributed by atoms with Crippen LogP contribution in [-0.4, -0.2) is 22.1 Å².